The van der Waals surface area contributed by atoms with Crippen molar-refractivity contribution in [3.8, 4) is 5.75 Å². The van der Waals surface area contributed by atoms with E-state index in [1.54, 1.807) is 24.3 Å². The van der Waals surface area contributed by atoms with E-state index in [0.717, 1.165) is 0 Å². The van der Waals surface area contributed by atoms with Crippen LogP contribution in [0.4, 0.5) is 0 Å². The number of carbonyl (C=O) groups excluding carboxylic acids is 2. The molecule has 1 aromatic carbocycles. The maximum atomic E-state index is 10.7. The van der Waals surface area contributed by atoms with Crippen molar-refractivity contribution in [1.29, 1.82) is 0 Å². The van der Waals surface area contributed by atoms with Crippen molar-refractivity contribution in [2.45, 2.75) is 6.92 Å². The average molecular weight is 190 g/mol. The smallest absolute Gasteiger partial charge is 0.308 e. The molecule has 0 spiro atoms. The van der Waals surface area contributed by atoms with E-state index < -0.39 is 5.97 Å². The van der Waals surface area contributed by atoms with Crippen LogP contribution in [0.15, 0.2) is 30.8 Å². The molecule has 3 heteroatoms. The molecule has 1 aromatic rings. The van der Waals surface area contributed by atoms with Gasteiger partial charge >= 0.3 is 5.97 Å². The van der Waals surface area contributed by atoms with Crippen molar-refractivity contribution in [3.63, 3.8) is 0 Å². The highest BCUT2D eigenvalue weighted by Gasteiger charge is 2.07. The fourth-order valence-corrected chi connectivity index (χ4v) is 1.04. The van der Waals surface area contributed by atoms with Crippen LogP contribution in [-0.4, -0.2) is 12.3 Å². The number of benzene rings is 1. The van der Waals surface area contributed by atoms with Gasteiger partial charge in [-0.05, 0) is 6.07 Å². The van der Waals surface area contributed by atoms with Crippen LogP contribution >= 0.6 is 0 Å². The quantitative estimate of drug-likeness (QED) is 0.316. The number of hydrogen-bond acceptors (Lipinski definition) is 3. The zero-order valence-electron chi connectivity index (χ0n) is 7.82. The molecule has 0 N–H and O–H groups in total. The van der Waals surface area contributed by atoms with Crippen molar-refractivity contribution < 1.29 is 14.3 Å². The Bertz CT molecular complexity index is 380. The average Bonchev–Trinajstić information content (AvgIpc) is 2.16. The lowest BCUT2D eigenvalue weighted by Gasteiger charge is -2.06. The van der Waals surface area contributed by atoms with Crippen molar-refractivity contribution >= 4 is 17.8 Å². The number of esters is 1. The molecule has 3 nitrogen and oxygen atoms in total. The molecule has 14 heavy (non-hydrogen) atoms. The summed E-state index contributed by atoms with van der Waals surface area (Å²) in [7, 11) is 0. The third kappa shape index (κ3) is 2.29. The summed E-state index contributed by atoms with van der Waals surface area (Å²) in [4.78, 5) is 21.2. The summed E-state index contributed by atoms with van der Waals surface area (Å²) in [5, 5.41) is 0. The van der Waals surface area contributed by atoms with Gasteiger partial charge in [-0.25, -0.2) is 0 Å². The maximum Gasteiger partial charge on any atom is 0.308 e. The molecular weight excluding hydrogens is 180 g/mol. The van der Waals surface area contributed by atoms with Crippen LogP contribution in [0.2, 0.25) is 0 Å². The SMILES string of the molecule is C=C(C=O)c1ccccc1OC(C)=O. The minimum atomic E-state index is -0.420. The summed E-state index contributed by atoms with van der Waals surface area (Å²) in [6.45, 7) is 4.86. The predicted molar refractivity (Wildman–Crippen MR) is 52.8 cm³/mol. The molecule has 0 saturated heterocycles. The summed E-state index contributed by atoms with van der Waals surface area (Å²) in [6, 6.07) is 6.76. The molecule has 72 valence electrons. The molecule has 0 amide bonds. The van der Waals surface area contributed by atoms with Gasteiger partial charge in [0.25, 0.3) is 0 Å². The Morgan fingerprint density at radius 3 is 2.64 bits per heavy atom. The van der Waals surface area contributed by atoms with E-state index in [-0.39, 0.29) is 0 Å². The number of hydrogen-bond donors (Lipinski definition) is 0. The third-order valence-corrected chi connectivity index (χ3v) is 1.63. The third-order valence-electron chi connectivity index (χ3n) is 1.63. The van der Waals surface area contributed by atoms with Crippen LogP contribution in [-0.2, 0) is 9.59 Å². The van der Waals surface area contributed by atoms with Gasteiger partial charge in [0.2, 0.25) is 0 Å². The molecular formula is C11H10O3. The number of rotatable bonds is 3. The van der Waals surface area contributed by atoms with Crippen LogP contribution in [0.3, 0.4) is 0 Å². The summed E-state index contributed by atoms with van der Waals surface area (Å²) in [5.41, 5.74) is 0.833. The van der Waals surface area contributed by atoms with Gasteiger partial charge in [0.05, 0.1) is 0 Å². The van der Waals surface area contributed by atoms with Crippen LogP contribution in [0.25, 0.3) is 5.57 Å². The Labute approximate surface area is 82.0 Å². The molecule has 1 rings (SSSR count). The Morgan fingerprint density at radius 1 is 1.43 bits per heavy atom. The maximum absolute atomic E-state index is 10.7. The Kier molecular flexibility index (Phi) is 3.18. The highest BCUT2D eigenvalue weighted by atomic mass is 16.5. The Morgan fingerprint density at radius 2 is 2.07 bits per heavy atom. The van der Waals surface area contributed by atoms with Gasteiger partial charge < -0.3 is 4.74 Å². The zero-order chi connectivity index (χ0) is 10.6. The van der Waals surface area contributed by atoms with Gasteiger partial charge in [-0.15, -0.1) is 0 Å². The second kappa shape index (κ2) is 4.37. The standard InChI is InChI=1S/C11H10O3/c1-8(7-12)10-5-3-4-6-11(10)14-9(2)13/h3-7H,1H2,2H3. The first-order valence-corrected chi connectivity index (χ1v) is 4.07. The molecule has 0 aliphatic rings. The van der Waals surface area contributed by atoms with E-state index >= 15 is 0 Å². The molecule has 0 aliphatic carbocycles. The summed E-state index contributed by atoms with van der Waals surface area (Å²) in [5.74, 6) is -0.0618. The molecule has 0 heterocycles. The molecule has 0 aromatic heterocycles. The molecule has 0 saturated carbocycles. The number of carbonyl (C=O) groups is 2. The number of ether oxygens (including phenoxy) is 1. The van der Waals surface area contributed by atoms with E-state index in [0.29, 0.717) is 23.2 Å². The topological polar surface area (TPSA) is 43.4 Å². The highest BCUT2D eigenvalue weighted by Crippen LogP contribution is 2.23. The van der Waals surface area contributed by atoms with E-state index in [4.69, 9.17) is 4.74 Å². The largest absolute Gasteiger partial charge is 0.426 e. The Balaban J connectivity index is 3.08. The van der Waals surface area contributed by atoms with Crippen molar-refractivity contribution in [2.24, 2.45) is 0 Å². The number of para-hydroxylation sites is 1. The monoisotopic (exact) mass is 190 g/mol. The fraction of sp³-hybridized carbons (Fsp3) is 0.0909. The first kappa shape index (κ1) is 10.2. The summed E-state index contributed by atoms with van der Waals surface area (Å²) in [6.07, 6.45) is 0.627. The van der Waals surface area contributed by atoms with Crippen molar-refractivity contribution in [3.05, 3.63) is 36.4 Å². The van der Waals surface area contributed by atoms with E-state index in [2.05, 4.69) is 6.58 Å². The van der Waals surface area contributed by atoms with Crippen molar-refractivity contribution in [2.75, 3.05) is 0 Å². The highest BCUT2D eigenvalue weighted by molar-refractivity contribution is 6.07. The second-order valence-corrected chi connectivity index (χ2v) is 2.73. The van der Waals surface area contributed by atoms with Gasteiger partial charge in [-0.2, -0.15) is 0 Å². The minimum absolute atomic E-state index is 0.293. The zero-order valence-corrected chi connectivity index (χ0v) is 7.82. The lowest BCUT2D eigenvalue weighted by atomic mass is 10.1. The predicted octanol–water partition coefficient (Wildman–Crippen LogP) is 1.82. The number of allylic oxidation sites excluding steroid dienone is 1. The molecule has 0 radical (unpaired) electrons. The molecule has 0 aliphatic heterocycles. The normalized spacial score (nSPS) is 9.21. The first-order valence-electron chi connectivity index (χ1n) is 4.07. The molecule has 0 unspecified atom stereocenters. The van der Waals surface area contributed by atoms with Crippen LogP contribution in [0.1, 0.15) is 12.5 Å². The second-order valence-electron chi connectivity index (χ2n) is 2.73. The van der Waals surface area contributed by atoms with E-state index in [1.165, 1.54) is 6.92 Å². The molecule has 0 bridgehead atoms. The first-order chi connectivity index (χ1) is 6.65. The molecule has 0 fully saturated rings. The minimum Gasteiger partial charge on any atom is -0.426 e. The van der Waals surface area contributed by atoms with Gasteiger partial charge in [0.1, 0.15) is 12.0 Å². The van der Waals surface area contributed by atoms with Gasteiger partial charge in [0, 0.05) is 18.1 Å². The lowest BCUT2D eigenvalue weighted by molar-refractivity contribution is -0.131. The number of aldehydes is 1. The van der Waals surface area contributed by atoms with Gasteiger partial charge in [-0.3, -0.25) is 9.59 Å². The van der Waals surface area contributed by atoms with Crippen LogP contribution < -0.4 is 4.74 Å². The van der Waals surface area contributed by atoms with Gasteiger partial charge in [-0.1, -0.05) is 24.8 Å². The van der Waals surface area contributed by atoms with Crippen LogP contribution in [0.5, 0.6) is 5.75 Å². The van der Waals surface area contributed by atoms with Crippen LogP contribution in [0, 0.1) is 0 Å². The fourth-order valence-electron chi connectivity index (χ4n) is 1.04. The van der Waals surface area contributed by atoms with E-state index in [1.807, 2.05) is 0 Å². The van der Waals surface area contributed by atoms with E-state index in [9.17, 15) is 9.59 Å². The summed E-state index contributed by atoms with van der Waals surface area (Å²) < 4.78 is 4.91. The van der Waals surface area contributed by atoms with Gasteiger partial charge in [0.15, 0.2) is 0 Å². The summed E-state index contributed by atoms with van der Waals surface area (Å²) >= 11 is 0. The lowest BCUT2D eigenvalue weighted by Crippen LogP contribution is -2.03. The Hall–Kier alpha value is -1.90. The molecule has 0 atom stereocenters. The van der Waals surface area contributed by atoms with Crippen molar-refractivity contribution in [1.82, 2.24) is 0 Å².